The van der Waals surface area contributed by atoms with Gasteiger partial charge in [-0.05, 0) is 55.2 Å². The van der Waals surface area contributed by atoms with Crippen LogP contribution in [0.4, 0.5) is 0 Å². The molecule has 0 N–H and O–H groups in total. The van der Waals surface area contributed by atoms with Gasteiger partial charge >= 0.3 is 0 Å². The molecule has 0 saturated carbocycles. The maximum Gasteiger partial charge on any atom is 0.227 e. The number of nitrogens with zero attached hydrogens (tertiary/aromatic N) is 2. The third kappa shape index (κ3) is 4.56. The van der Waals surface area contributed by atoms with Gasteiger partial charge in [-0.2, -0.15) is 0 Å². The van der Waals surface area contributed by atoms with E-state index in [2.05, 4.69) is 35.3 Å². The van der Waals surface area contributed by atoms with E-state index in [0.717, 1.165) is 57.4 Å². The van der Waals surface area contributed by atoms with Crippen molar-refractivity contribution in [3.05, 3.63) is 66.0 Å². The summed E-state index contributed by atoms with van der Waals surface area (Å²) >= 11 is 0. The Hall–Kier alpha value is -2.20. The summed E-state index contributed by atoms with van der Waals surface area (Å²) in [6.07, 6.45) is 9.27. The topological polar surface area (TPSA) is 42.4 Å². The van der Waals surface area contributed by atoms with Crippen LogP contribution in [-0.2, 0) is 22.4 Å². The maximum absolute atomic E-state index is 12.6. The van der Waals surface area contributed by atoms with Crippen molar-refractivity contribution in [2.75, 3.05) is 19.7 Å². The Bertz CT molecular complexity index is 739. The Morgan fingerprint density at radius 2 is 1.89 bits per heavy atom. The Morgan fingerprint density at radius 3 is 2.63 bits per heavy atom. The Labute approximate surface area is 161 Å². The molecular weight excluding hydrogens is 336 g/mol. The van der Waals surface area contributed by atoms with Crippen molar-refractivity contribution in [3.8, 4) is 0 Å². The van der Waals surface area contributed by atoms with Crippen molar-refractivity contribution < 1.29 is 9.53 Å². The molecule has 3 heterocycles. The van der Waals surface area contributed by atoms with Crippen LogP contribution in [0.1, 0.15) is 36.8 Å². The summed E-state index contributed by atoms with van der Waals surface area (Å²) in [6, 6.07) is 14.6. The Balaban J connectivity index is 1.31. The largest absolute Gasteiger partial charge is 0.375 e. The van der Waals surface area contributed by atoms with Crippen LogP contribution in [0, 0.1) is 5.92 Å². The fraction of sp³-hybridized carbons (Fsp3) is 0.478. The zero-order valence-electron chi connectivity index (χ0n) is 15.8. The van der Waals surface area contributed by atoms with Crippen LogP contribution < -0.4 is 0 Å². The lowest BCUT2D eigenvalue weighted by atomic mass is 9.77. The Kier molecular flexibility index (Phi) is 5.53. The van der Waals surface area contributed by atoms with Gasteiger partial charge in [0.1, 0.15) is 0 Å². The molecule has 0 radical (unpaired) electrons. The highest BCUT2D eigenvalue weighted by molar-refractivity contribution is 5.78. The molecule has 1 unspecified atom stereocenters. The molecule has 1 spiro atoms. The first-order valence-electron chi connectivity index (χ1n) is 10.1. The van der Waals surface area contributed by atoms with E-state index in [9.17, 15) is 4.79 Å². The zero-order valence-corrected chi connectivity index (χ0v) is 15.8. The first kappa shape index (κ1) is 18.2. The molecule has 1 aromatic heterocycles. The van der Waals surface area contributed by atoms with Gasteiger partial charge in [-0.15, -0.1) is 0 Å². The summed E-state index contributed by atoms with van der Waals surface area (Å²) in [5, 5.41) is 0. The standard InChI is InChI=1S/C23H28N2O2/c26-22(16-21-7-4-11-24-18-21)25-12-9-23(10-13-25)17-20(8-14-27-23)15-19-5-2-1-3-6-19/h1-7,11,18,20H,8-10,12-17H2. The fourth-order valence-corrected chi connectivity index (χ4v) is 4.55. The van der Waals surface area contributed by atoms with Crippen molar-refractivity contribution in [1.29, 1.82) is 0 Å². The molecule has 27 heavy (non-hydrogen) atoms. The summed E-state index contributed by atoms with van der Waals surface area (Å²) in [5.74, 6) is 0.883. The number of pyridine rings is 1. The SMILES string of the molecule is O=C(Cc1cccnc1)N1CCC2(CC1)CC(Cc1ccccc1)CCO2. The normalized spacial score (nSPS) is 21.9. The van der Waals surface area contributed by atoms with E-state index < -0.39 is 0 Å². The lowest BCUT2D eigenvalue weighted by Gasteiger charge is -2.46. The van der Waals surface area contributed by atoms with E-state index >= 15 is 0 Å². The van der Waals surface area contributed by atoms with Gasteiger partial charge in [0.2, 0.25) is 5.91 Å². The van der Waals surface area contributed by atoms with E-state index in [-0.39, 0.29) is 11.5 Å². The van der Waals surface area contributed by atoms with Crippen molar-refractivity contribution in [3.63, 3.8) is 0 Å². The highest BCUT2D eigenvalue weighted by Crippen LogP contribution is 2.38. The molecule has 2 aliphatic rings. The summed E-state index contributed by atoms with van der Waals surface area (Å²) in [4.78, 5) is 18.7. The second-order valence-electron chi connectivity index (χ2n) is 8.00. The fourth-order valence-electron chi connectivity index (χ4n) is 4.55. The number of hydrogen-bond donors (Lipinski definition) is 0. The van der Waals surface area contributed by atoms with Crippen LogP contribution in [0.3, 0.4) is 0 Å². The van der Waals surface area contributed by atoms with Crippen LogP contribution in [0.25, 0.3) is 0 Å². The molecule has 1 amide bonds. The van der Waals surface area contributed by atoms with Gasteiger partial charge in [-0.25, -0.2) is 0 Å². The van der Waals surface area contributed by atoms with Crippen molar-refractivity contribution in [2.24, 2.45) is 5.92 Å². The highest BCUT2D eigenvalue weighted by atomic mass is 16.5. The van der Waals surface area contributed by atoms with Crippen LogP contribution in [-0.4, -0.2) is 41.1 Å². The predicted octanol–water partition coefficient (Wildman–Crippen LogP) is 3.65. The van der Waals surface area contributed by atoms with Crippen molar-refractivity contribution in [2.45, 2.75) is 44.1 Å². The van der Waals surface area contributed by atoms with Crippen LogP contribution in [0.2, 0.25) is 0 Å². The van der Waals surface area contributed by atoms with Crippen molar-refractivity contribution in [1.82, 2.24) is 9.88 Å². The van der Waals surface area contributed by atoms with Crippen LogP contribution in [0.5, 0.6) is 0 Å². The summed E-state index contributed by atoms with van der Waals surface area (Å²) in [7, 11) is 0. The second kappa shape index (κ2) is 8.22. The predicted molar refractivity (Wildman–Crippen MR) is 105 cm³/mol. The first-order chi connectivity index (χ1) is 13.2. The van der Waals surface area contributed by atoms with Gasteiger partial charge in [-0.3, -0.25) is 9.78 Å². The highest BCUT2D eigenvalue weighted by Gasteiger charge is 2.40. The van der Waals surface area contributed by atoms with Gasteiger partial charge in [0.15, 0.2) is 0 Å². The van der Waals surface area contributed by atoms with Gasteiger partial charge in [-0.1, -0.05) is 36.4 Å². The number of aromatic nitrogens is 1. The van der Waals surface area contributed by atoms with Crippen LogP contribution >= 0.6 is 0 Å². The molecule has 2 aliphatic heterocycles. The molecule has 4 rings (SSSR count). The Morgan fingerprint density at radius 1 is 1.11 bits per heavy atom. The number of piperidine rings is 1. The van der Waals surface area contributed by atoms with Crippen LogP contribution in [0.15, 0.2) is 54.9 Å². The summed E-state index contributed by atoms with van der Waals surface area (Å²) < 4.78 is 6.27. The van der Waals surface area contributed by atoms with Gasteiger partial charge in [0.25, 0.3) is 0 Å². The van der Waals surface area contributed by atoms with Gasteiger partial charge in [0, 0.05) is 32.1 Å². The summed E-state index contributed by atoms with van der Waals surface area (Å²) in [5.41, 5.74) is 2.38. The monoisotopic (exact) mass is 364 g/mol. The third-order valence-electron chi connectivity index (χ3n) is 6.07. The molecule has 2 fully saturated rings. The molecular formula is C23H28N2O2. The molecule has 2 aromatic rings. The minimum atomic E-state index is -0.0250. The van der Waals surface area contributed by atoms with Crippen molar-refractivity contribution >= 4 is 5.91 Å². The quantitative estimate of drug-likeness (QED) is 0.832. The molecule has 0 aliphatic carbocycles. The third-order valence-corrected chi connectivity index (χ3v) is 6.07. The average molecular weight is 364 g/mol. The molecule has 1 aromatic carbocycles. The zero-order chi connectivity index (χ0) is 18.5. The number of carbonyl (C=O) groups excluding carboxylic acids is 1. The van der Waals surface area contributed by atoms with E-state index in [1.165, 1.54) is 5.56 Å². The van der Waals surface area contributed by atoms with E-state index in [4.69, 9.17) is 4.74 Å². The molecule has 0 bridgehead atoms. The molecule has 1 atom stereocenters. The van der Waals surface area contributed by atoms with E-state index in [0.29, 0.717) is 12.3 Å². The lowest BCUT2D eigenvalue weighted by molar-refractivity contribution is -0.146. The second-order valence-corrected chi connectivity index (χ2v) is 8.00. The number of ether oxygens (including phenoxy) is 1. The number of likely N-dealkylation sites (tertiary alicyclic amines) is 1. The molecule has 4 heteroatoms. The number of hydrogen-bond acceptors (Lipinski definition) is 3. The smallest absolute Gasteiger partial charge is 0.227 e. The molecule has 142 valence electrons. The van der Waals surface area contributed by atoms with E-state index in [1.807, 2.05) is 17.0 Å². The number of carbonyl (C=O) groups is 1. The number of benzene rings is 1. The minimum absolute atomic E-state index is 0.0250. The lowest BCUT2D eigenvalue weighted by Crippen LogP contribution is -2.51. The van der Waals surface area contributed by atoms with Gasteiger partial charge < -0.3 is 9.64 Å². The molecule has 2 saturated heterocycles. The summed E-state index contributed by atoms with van der Waals surface area (Å²) in [6.45, 7) is 2.45. The first-order valence-corrected chi connectivity index (χ1v) is 10.1. The number of rotatable bonds is 4. The molecule has 4 nitrogen and oxygen atoms in total. The van der Waals surface area contributed by atoms with Gasteiger partial charge in [0.05, 0.1) is 12.0 Å². The number of amides is 1. The van der Waals surface area contributed by atoms with E-state index in [1.54, 1.807) is 12.4 Å². The average Bonchev–Trinajstić information content (AvgIpc) is 2.70. The maximum atomic E-state index is 12.6. The minimum Gasteiger partial charge on any atom is -0.375 e.